The molecule has 28 heavy (non-hydrogen) atoms. The smallest absolute Gasteiger partial charge is 0.440 e. The standard InChI is InChI=1S/C17H13ClF4N2O4/c18-10-3-9(4-11(19)6-10)13-7-16(28-24-13,17(20,21)22)15(27)23-12-2-1-8(5-12)14(25)26/h1-4,6,8,12H,5,7H2,(H,23,27)(H,25,26)/t8-,12+,16?/m1/s1. The molecule has 3 rings (SSSR count). The van der Waals surface area contributed by atoms with Crippen molar-refractivity contribution in [1.29, 1.82) is 0 Å². The van der Waals surface area contributed by atoms with Crippen LogP contribution in [-0.4, -0.2) is 40.5 Å². The van der Waals surface area contributed by atoms with E-state index in [4.69, 9.17) is 16.7 Å². The minimum absolute atomic E-state index is 0.0457. The Balaban J connectivity index is 1.81. The molecule has 1 aliphatic carbocycles. The van der Waals surface area contributed by atoms with Gasteiger partial charge in [-0.15, -0.1) is 0 Å². The molecule has 1 aromatic rings. The van der Waals surface area contributed by atoms with Gasteiger partial charge in [0.05, 0.1) is 18.1 Å². The van der Waals surface area contributed by atoms with Crippen LogP contribution in [0.25, 0.3) is 0 Å². The van der Waals surface area contributed by atoms with E-state index in [9.17, 15) is 27.2 Å². The van der Waals surface area contributed by atoms with E-state index in [2.05, 4.69) is 15.3 Å². The lowest BCUT2D eigenvalue weighted by atomic mass is 9.92. The molecule has 0 aromatic heterocycles. The zero-order chi connectivity index (χ0) is 20.7. The van der Waals surface area contributed by atoms with Gasteiger partial charge in [-0.25, -0.2) is 4.39 Å². The molecule has 2 N–H and O–H groups in total. The number of rotatable bonds is 4. The van der Waals surface area contributed by atoms with E-state index in [0.717, 1.165) is 12.1 Å². The predicted molar refractivity (Wildman–Crippen MR) is 89.2 cm³/mol. The number of amides is 1. The molecule has 2 aliphatic rings. The van der Waals surface area contributed by atoms with Gasteiger partial charge in [-0.2, -0.15) is 13.2 Å². The SMILES string of the molecule is O=C(O)[C@@H]1C=C[C@H](NC(=O)C2(C(F)(F)F)CC(c3cc(F)cc(Cl)c3)=NO2)C1. The third-order valence-corrected chi connectivity index (χ3v) is 4.68. The van der Waals surface area contributed by atoms with Crippen molar-refractivity contribution in [2.45, 2.75) is 30.7 Å². The summed E-state index contributed by atoms with van der Waals surface area (Å²) in [6.45, 7) is 0. The second kappa shape index (κ2) is 7.08. The molecule has 0 radical (unpaired) electrons. The number of hydrogen-bond acceptors (Lipinski definition) is 4. The van der Waals surface area contributed by atoms with Crippen LogP contribution in [0.15, 0.2) is 35.5 Å². The van der Waals surface area contributed by atoms with Crippen LogP contribution in [0.3, 0.4) is 0 Å². The summed E-state index contributed by atoms with van der Waals surface area (Å²) >= 11 is 5.71. The average Bonchev–Trinajstić information content (AvgIpc) is 3.21. The molecule has 0 bridgehead atoms. The molecular weight excluding hydrogens is 408 g/mol. The summed E-state index contributed by atoms with van der Waals surface area (Å²) in [6.07, 6.45) is -3.60. The molecule has 11 heteroatoms. The molecule has 150 valence electrons. The van der Waals surface area contributed by atoms with Gasteiger partial charge in [0.2, 0.25) is 0 Å². The molecule has 6 nitrogen and oxygen atoms in total. The number of carbonyl (C=O) groups is 2. The van der Waals surface area contributed by atoms with Crippen LogP contribution in [0.1, 0.15) is 18.4 Å². The van der Waals surface area contributed by atoms with E-state index in [1.165, 1.54) is 18.2 Å². The van der Waals surface area contributed by atoms with Crippen molar-refractivity contribution in [3.05, 3.63) is 46.8 Å². The fourth-order valence-corrected chi connectivity index (χ4v) is 3.21. The number of benzene rings is 1. The number of oxime groups is 1. The summed E-state index contributed by atoms with van der Waals surface area (Å²) in [5.41, 5.74) is -3.65. The predicted octanol–water partition coefficient (Wildman–Crippen LogP) is 3.05. The van der Waals surface area contributed by atoms with Gasteiger partial charge in [0.1, 0.15) is 5.82 Å². The highest BCUT2D eigenvalue weighted by Gasteiger charge is 2.66. The molecule has 1 unspecified atom stereocenters. The van der Waals surface area contributed by atoms with E-state index in [0.29, 0.717) is 0 Å². The van der Waals surface area contributed by atoms with Gasteiger partial charge in [0.25, 0.3) is 5.91 Å². The van der Waals surface area contributed by atoms with Gasteiger partial charge < -0.3 is 15.3 Å². The summed E-state index contributed by atoms with van der Waals surface area (Å²) in [4.78, 5) is 27.9. The van der Waals surface area contributed by atoms with Crippen molar-refractivity contribution in [3.63, 3.8) is 0 Å². The van der Waals surface area contributed by atoms with E-state index in [1.54, 1.807) is 0 Å². The molecule has 0 saturated carbocycles. The topological polar surface area (TPSA) is 88.0 Å². The van der Waals surface area contributed by atoms with Crippen LogP contribution in [0.4, 0.5) is 17.6 Å². The summed E-state index contributed by atoms with van der Waals surface area (Å²) < 4.78 is 54.7. The normalized spacial score (nSPS) is 26.7. The molecule has 1 amide bonds. The lowest BCUT2D eigenvalue weighted by Gasteiger charge is -2.28. The van der Waals surface area contributed by atoms with E-state index in [-0.39, 0.29) is 22.7 Å². The molecule has 0 saturated heterocycles. The molecule has 3 atom stereocenters. The first-order valence-electron chi connectivity index (χ1n) is 8.02. The number of carboxylic acids is 1. The fourth-order valence-electron chi connectivity index (χ4n) is 2.99. The molecular formula is C17H13ClF4N2O4. The molecule has 0 spiro atoms. The highest BCUT2D eigenvalue weighted by atomic mass is 35.5. The van der Waals surface area contributed by atoms with Crippen molar-refractivity contribution in [2.75, 3.05) is 0 Å². The van der Waals surface area contributed by atoms with E-state index >= 15 is 0 Å². The quantitative estimate of drug-likeness (QED) is 0.579. The van der Waals surface area contributed by atoms with Crippen LogP contribution in [-0.2, 0) is 14.4 Å². The number of hydrogen-bond donors (Lipinski definition) is 2. The Labute approximate surface area is 160 Å². The Bertz CT molecular complexity index is 866. The zero-order valence-electron chi connectivity index (χ0n) is 14.0. The molecule has 1 aliphatic heterocycles. The maximum atomic E-state index is 13.7. The first-order chi connectivity index (χ1) is 13.0. The Kier molecular flexibility index (Phi) is 5.09. The number of carbonyl (C=O) groups excluding carboxylic acids is 1. The maximum absolute atomic E-state index is 13.7. The Morgan fingerprint density at radius 3 is 2.57 bits per heavy atom. The van der Waals surface area contributed by atoms with E-state index < -0.39 is 47.9 Å². The van der Waals surface area contributed by atoms with Crippen LogP contribution in [0.2, 0.25) is 5.02 Å². The Hall–Kier alpha value is -2.62. The molecule has 0 fully saturated rings. The van der Waals surface area contributed by atoms with Crippen LogP contribution in [0, 0.1) is 11.7 Å². The van der Waals surface area contributed by atoms with Gasteiger partial charge in [0.15, 0.2) is 0 Å². The monoisotopic (exact) mass is 420 g/mol. The van der Waals surface area contributed by atoms with Crippen molar-refractivity contribution in [1.82, 2.24) is 5.32 Å². The third kappa shape index (κ3) is 3.68. The minimum Gasteiger partial charge on any atom is -0.481 e. The highest BCUT2D eigenvalue weighted by Crippen LogP contribution is 2.42. The van der Waals surface area contributed by atoms with Gasteiger partial charge in [-0.3, -0.25) is 9.59 Å². The average molecular weight is 421 g/mol. The van der Waals surface area contributed by atoms with Gasteiger partial charge in [0, 0.05) is 16.6 Å². The second-order valence-corrected chi connectivity index (χ2v) is 6.87. The second-order valence-electron chi connectivity index (χ2n) is 6.43. The van der Waals surface area contributed by atoms with Crippen molar-refractivity contribution >= 4 is 29.2 Å². The van der Waals surface area contributed by atoms with Crippen molar-refractivity contribution in [2.24, 2.45) is 11.1 Å². The Morgan fingerprint density at radius 2 is 2.00 bits per heavy atom. The van der Waals surface area contributed by atoms with Gasteiger partial charge >= 0.3 is 17.7 Å². The summed E-state index contributed by atoms with van der Waals surface area (Å²) in [7, 11) is 0. The number of alkyl halides is 3. The maximum Gasteiger partial charge on any atom is 0.440 e. The van der Waals surface area contributed by atoms with E-state index in [1.807, 2.05) is 0 Å². The van der Waals surface area contributed by atoms with Crippen LogP contribution >= 0.6 is 11.6 Å². The summed E-state index contributed by atoms with van der Waals surface area (Å²) in [5, 5.41) is 14.4. The zero-order valence-corrected chi connectivity index (χ0v) is 14.7. The number of halogens is 5. The first-order valence-corrected chi connectivity index (χ1v) is 8.40. The third-order valence-electron chi connectivity index (χ3n) is 4.47. The summed E-state index contributed by atoms with van der Waals surface area (Å²) in [6, 6.07) is 2.20. The largest absolute Gasteiger partial charge is 0.481 e. The van der Waals surface area contributed by atoms with Crippen molar-refractivity contribution in [3.8, 4) is 0 Å². The number of carboxylic acid groups (broad SMARTS) is 1. The fraction of sp³-hybridized carbons (Fsp3) is 0.353. The van der Waals surface area contributed by atoms with Gasteiger partial charge in [-0.1, -0.05) is 28.9 Å². The molecule has 1 aromatic carbocycles. The number of nitrogens with one attached hydrogen (secondary N) is 1. The van der Waals surface area contributed by atoms with Gasteiger partial charge in [-0.05, 0) is 24.6 Å². The minimum atomic E-state index is -5.13. The number of nitrogens with zero attached hydrogens (tertiary/aromatic N) is 1. The number of aliphatic carboxylic acids is 1. The lowest BCUT2D eigenvalue weighted by Crippen LogP contribution is -2.58. The van der Waals surface area contributed by atoms with Crippen molar-refractivity contribution < 1.29 is 37.1 Å². The van der Waals surface area contributed by atoms with Crippen LogP contribution < -0.4 is 5.32 Å². The Morgan fingerprint density at radius 1 is 1.29 bits per heavy atom. The lowest BCUT2D eigenvalue weighted by molar-refractivity contribution is -0.259. The first kappa shape index (κ1) is 20.1. The summed E-state index contributed by atoms with van der Waals surface area (Å²) in [5.74, 6) is -4.35. The van der Waals surface area contributed by atoms with Crippen LogP contribution in [0.5, 0.6) is 0 Å². The highest BCUT2D eigenvalue weighted by molar-refractivity contribution is 6.31. The molecule has 1 heterocycles.